The highest BCUT2D eigenvalue weighted by Crippen LogP contribution is 2.39. The van der Waals surface area contributed by atoms with Crippen molar-refractivity contribution in [3.8, 4) is 0 Å². The SMILES string of the molecule is CCOC1(C(NN)c2cc(Cl)cnc2N)CCOCC1. The number of halogens is 1. The Labute approximate surface area is 123 Å². The molecule has 1 aromatic rings. The summed E-state index contributed by atoms with van der Waals surface area (Å²) in [5.74, 6) is 6.18. The standard InChI is InChI=1S/C13H21ClN4O2/c1-2-20-13(3-5-19-6-4-13)11(18-16)10-7-9(14)8-17-12(10)15/h7-8,11,18H,2-6,16H2,1H3,(H2,15,17). The van der Waals surface area contributed by atoms with E-state index in [0.717, 1.165) is 18.4 Å². The molecule has 20 heavy (non-hydrogen) atoms. The second kappa shape index (κ2) is 6.69. The van der Waals surface area contributed by atoms with Crippen LogP contribution in [-0.4, -0.2) is 30.4 Å². The third-order valence-electron chi connectivity index (χ3n) is 3.69. The number of pyridine rings is 1. The predicted molar refractivity (Wildman–Crippen MR) is 78.1 cm³/mol. The topological polar surface area (TPSA) is 95.4 Å². The van der Waals surface area contributed by atoms with Crippen molar-refractivity contribution in [3.63, 3.8) is 0 Å². The summed E-state index contributed by atoms with van der Waals surface area (Å²) in [5.41, 5.74) is 9.10. The van der Waals surface area contributed by atoms with Crippen molar-refractivity contribution >= 4 is 17.4 Å². The lowest BCUT2D eigenvalue weighted by atomic mass is 9.82. The van der Waals surface area contributed by atoms with Gasteiger partial charge in [-0.25, -0.2) is 10.4 Å². The summed E-state index contributed by atoms with van der Waals surface area (Å²) < 4.78 is 11.5. The number of aromatic nitrogens is 1. The van der Waals surface area contributed by atoms with Gasteiger partial charge < -0.3 is 15.2 Å². The monoisotopic (exact) mass is 300 g/mol. The van der Waals surface area contributed by atoms with Crippen molar-refractivity contribution in [1.82, 2.24) is 10.4 Å². The molecule has 0 spiro atoms. The molecule has 0 aliphatic carbocycles. The lowest BCUT2D eigenvalue weighted by molar-refractivity contribution is -0.128. The number of nitrogens with one attached hydrogen (secondary N) is 1. The highest BCUT2D eigenvalue weighted by molar-refractivity contribution is 6.30. The van der Waals surface area contributed by atoms with Gasteiger partial charge in [-0.05, 0) is 13.0 Å². The molecule has 0 saturated carbocycles. The van der Waals surface area contributed by atoms with Crippen molar-refractivity contribution in [2.45, 2.75) is 31.4 Å². The number of hydrogen-bond acceptors (Lipinski definition) is 6. The maximum Gasteiger partial charge on any atom is 0.128 e. The van der Waals surface area contributed by atoms with Crippen LogP contribution in [0.1, 0.15) is 31.4 Å². The predicted octanol–water partition coefficient (Wildman–Crippen LogP) is 1.41. The summed E-state index contributed by atoms with van der Waals surface area (Å²) in [5, 5.41) is 0.521. The molecule has 0 amide bonds. The molecule has 1 atom stereocenters. The van der Waals surface area contributed by atoms with E-state index in [9.17, 15) is 0 Å². The first-order chi connectivity index (χ1) is 9.63. The van der Waals surface area contributed by atoms with E-state index in [-0.39, 0.29) is 6.04 Å². The van der Waals surface area contributed by atoms with Gasteiger partial charge in [-0.3, -0.25) is 5.84 Å². The van der Waals surface area contributed by atoms with Crippen LogP contribution in [0.25, 0.3) is 0 Å². The van der Waals surface area contributed by atoms with Crippen LogP contribution >= 0.6 is 11.6 Å². The first-order valence-electron chi connectivity index (χ1n) is 6.71. The number of nitrogens with two attached hydrogens (primary N) is 2. The third-order valence-corrected chi connectivity index (χ3v) is 3.90. The van der Waals surface area contributed by atoms with Gasteiger partial charge in [0.05, 0.1) is 16.7 Å². The molecule has 1 aliphatic rings. The van der Waals surface area contributed by atoms with Crippen molar-refractivity contribution in [1.29, 1.82) is 0 Å². The molecular formula is C13H21ClN4O2. The zero-order valence-corrected chi connectivity index (χ0v) is 12.3. The van der Waals surface area contributed by atoms with Crippen LogP contribution in [-0.2, 0) is 9.47 Å². The van der Waals surface area contributed by atoms with E-state index in [2.05, 4.69) is 10.4 Å². The average Bonchev–Trinajstić information content (AvgIpc) is 2.45. The summed E-state index contributed by atoms with van der Waals surface area (Å²) in [7, 11) is 0. The molecule has 1 fully saturated rings. The van der Waals surface area contributed by atoms with Crippen LogP contribution in [0.3, 0.4) is 0 Å². The van der Waals surface area contributed by atoms with Gasteiger partial charge in [0.1, 0.15) is 5.82 Å². The molecule has 1 aromatic heterocycles. The van der Waals surface area contributed by atoms with Crippen LogP contribution in [0, 0.1) is 0 Å². The number of rotatable bonds is 5. The Kier molecular flexibility index (Phi) is 5.17. The van der Waals surface area contributed by atoms with Gasteiger partial charge in [0.25, 0.3) is 0 Å². The molecule has 2 rings (SSSR count). The van der Waals surface area contributed by atoms with Crippen LogP contribution in [0.2, 0.25) is 5.02 Å². The van der Waals surface area contributed by atoms with E-state index < -0.39 is 5.60 Å². The molecule has 6 nitrogen and oxygen atoms in total. The van der Waals surface area contributed by atoms with Gasteiger partial charge in [-0.15, -0.1) is 0 Å². The Bertz CT molecular complexity index is 446. The minimum Gasteiger partial charge on any atom is -0.383 e. The highest BCUT2D eigenvalue weighted by Gasteiger charge is 2.42. The normalized spacial score (nSPS) is 19.8. The van der Waals surface area contributed by atoms with E-state index in [0.29, 0.717) is 30.7 Å². The maximum absolute atomic E-state index is 6.03. The Balaban J connectivity index is 2.39. The van der Waals surface area contributed by atoms with Crippen LogP contribution in [0.4, 0.5) is 5.82 Å². The molecule has 0 bridgehead atoms. The molecule has 1 unspecified atom stereocenters. The third kappa shape index (κ3) is 3.05. The molecular weight excluding hydrogens is 280 g/mol. The number of nitrogens with zero attached hydrogens (tertiary/aromatic N) is 1. The summed E-state index contributed by atoms with van der Waals surface area (Å²) in [4.78, 5) is 4.10. The van der Waals surface area contributed by atoms with E-state index >= 15 is 0 Å². The number of hydrazine groups is 1. The summed E-state index contributed by atoms with van der Waals surface area (Å²) in [6.07, 6.45) is 2.99. The van der Waals surface area contributed by atoms with Crippen LogP contribution in [0.15, 0.2) is 12.3 Å². The largest absolute Gasteiger partial charge is 0.383 e. The van der Waals surface area contributed by atoms with Gasteiger partial charge in [0, 0.05) is 44.4 Å². The zero-order valence-electron chi connectivity index (χ0n) is 11.6. The first-order valence-corrected chi connectivity index (χ1v) is 7.09. The molecule has 2 heterocycles. The zero-order chi connectivity index (χ0) is 14.6. The Morgan fingerprint density at radius 3 is 2.85 bits per heavy atom. The number of hydrogen-bond donors (Lipinski definition) is 3. The fraction of sp³-hybridized carbons (Fsp3) is 0.615. The van der Waals surface area contributed by atoms with E-state index in [4.69, 9.17) is 32.7 Å². The van der Waals surface area contributed by atoms with Crippen molar-refractivity contribution in [3.05, 3.63) is 22.8 Å². The lowest BCUT2D eigenvalue weighted by Crippen LogP contribution is -2.52. The van der Waals surface area contributed by atoms with E-state index in [1.54, 1.807) is 6.07 Å². The second-order valence-electron chi connectivity index (χ2n) is 4.84. The molecule has 1 saturated heterocycles. The van der Waals surface area contributed by atoms with Gasteiger partial charge in [-0.1, -0.05) is 11.6 Å². The number of anilines is 1. The summed E-state index contributed by atoms with van der Waals surface area (Å²) >= 11 is 6.03. The Morgan fingerprint density at radius 1 is 1.55 bits per heavy atom. The molecule has 7 heteroatoms. The quantitative estimate of drug-likeness (QED) is 0.562. The fourth-order valence-corrected chi connectivity index (χ4v) is 2.91. The second-order valence-corrected chi connectivity index (χ2v) is 5.27. The minimum atomic E-state index is -0.456. The molecule has 0 aromatic carbocycles. The Morgan fingerprint density at radius 2 is 2.25 bits per heavy atom. The Hall–Kier alpha value is -0.920. The van der Waals surface area contributed by atoms with Crippen molar-refractivity contribution in [2.24, 2.45) is 5.84 Å². The minimum absolute atomic E-state index is 0.280. The summed E-state index contributed by atoms with van der Waals surface area (Å²) in [6.45, 7) is 3.81. The molecule has 0 radical (unpaired) electrons. The fourth-order valence-electron chi connectivity index (χ4n) is 2.74. The van der Waals surface area contributed by atoms with E-state index in [1.807, 2.05) is 6.92 Å². The van der Waals surface area contributed by atoms with Gasteiger partial charge in [-0.2, -0.15) is 0 Å². The van der Waals surface area contributed by atoms with Crippen molar-refractivity contribution in [2.75, 3.05) is 25.6 Å². The first kappa shape index (κ1) is 15.5. The molecule has 5 N–H and O–H groups in total. The van der Waals surface area contributed by atoms with Gasteiger partial charge in [0.2, 0.25) is 0 Å². The average molecular weight is 301 g/mol. The summed E-state index contributed by atoms with van der Waals surface area (Å²) in [6, 6.07) is 1.50. The van der Waals surface area contributed by atoms with Crippen LogP contribution < -0.4 is 17.0 Å². The number of ether oxygens (including phenoxy) is 2. The van der Waals surface area contributed by atoms with E-state index in [1.165, 1.54) is 6.20 Å². The van der Waals surface area contributed by atoms with Crippen LogP contribution in [0.5, 0.6) is 0 Å². The molecule has 112 valence electrons. The smallest absolute Gasteiger partial charge is 0.128 e. The maximum atomic E-state index is 6.03. The number of nitrogen functional groups attached to an aromatic ring is 1. The highest BCUT2D eigenvalue weighted by atomic mass is 35.5. The van der Waals surface area contributed by atoms with Gasteiger partial charge >= 0.3 is 0 Å². The molecule has 1 aliphatic heterocycles. The van der Waals surface area contributed by atoms with Crippen molar-refractivity contribution < 1.29 is 9.47 Å². The van der Waals surface area contributed by atoms with Gasteiger partial charge in [0.15, 0.2) is 0 Å². The lowest BCUT2D eigenvalue weighted by Gasteiger charge is -2.43.